The van der Waals surface area contributed by atoms with Gasteiger partial charge in [-0.05, 0) is 30.6 Å². The van der Waals surface area contributed by atoms with Gasteiger partial charge in [0.25, 0.3) is 0 Å². The minimum atomic E-state index is -0.455. The van der Waals surface area contributed by atoms with Crippen molar-refractivity contribution in [3.63, 3.8) is 0 Å². The van der Waals surface area contributed by atoms with Crippen molar-refractivity contribution in [2.24, 2.45) is 17.8 Å². The van der Waals surface area contributed by atoms with Crippen molar-refractivity contribution < 1.29 is 14.9 Å². The fourth-order valence-electron chi connectivity index (χ4n) is 4.65. The molecule has 0 aromatic carbocycles. The van der Waals surface area contributed by atoms with E-state index in [-0.39, 0.29) is 18.8 Å². The maximum atomic E-state index is 9.90. The topological polar surface area (TPSA) is 49.7 Å². The predicted octanol–water partition coefficient (Wildman–Crippen LogP) is 2.10. The van der Waals surface area contributed by atoms with E-state index in [4.69, 9.17) is 4.74 Å². The number of hydrogen-bond donors (Lipinski definition) is 2. The molecular formula is C15H26O3. The molecule has 0 bridgehead atoms. The van der Waals surface area contributed by atoms with Crippen LogP contribution in [0.2, 0.25) is 0 Å². The summed E-state index contributed by atoms with van der Waals surface area (Å²) in [5, 5.41) is 19.1. The summed E-state index contributed by atoms with van der Waals surface area (Å²) in [7, 11) is 0. The second-order valence-corrected chi connectivity index (χ2v) is 6.50. The SMILES string of the molecule is OC[C@H]1O[C@H](C2CCCC3CCCCC32)CC1O. The van der Waals surface area contributed by atoms with E-state index in [0.717, 1.165) is 18.3 Å². The zero-order chi connectivity index (χ0) is 12.5. The Kier molecular flexibility index (Phi) is 3.92. The number of rotatable bonds is 2. The lowest BCUT2D eigenvalue weighted by Crippen LogP contribution is -2.38. The van der Waals surface area contributed by atoms with Gasteiger partial charge in [-0.15, -0.1) is 0 Å². The standard InChI is InChI=1S/C15H26O3/c16-9-15-13(17)8-14(18-15)12-7-3-5-10-4-1-2-6-11(10)12/h10-17H,1-9H2/t10?,11?,12?,13?,14-,15+/m0/s1. The average molecular weight is 254 g/mol. The zero-order valence-corrected chi connectivity index (χ0v) is 11.1. The van der Waals surface area contributed by atoms with Gasteiger partial charge in [0.1, 0.15) is 6.10 Å². The van der Waals surface area contributed by atoms with Crippen LogP contribution in [0.1, 0.15) is 51.4 Å². The van der Waals surface area contributed by atoms with Crippen LogP contribution in [0.4, 0.5) is 0 Å². The molecule has 3 nitrogen and oxygen atoms in total. The Morgan fingerprint density at radius 2 is 1.67 bits per heavy atom. The Labute approximate surface area is 110 Å². The van der Waals surface area contributed by atoms with Crippen LogP contribution in [0.3, 0.4) is 0 Å². The van der Waals surface area contributed by atoms with E-state index in [1.165, 1.54) is 44.9 Å². The van der Waals surface area contributed by atoms with Gasteiger partial charge in [-0.1, -0.05) is 32.1 Å². The third-order valence-electron chi connectivity index (χ3n) is 5.54. The first-order valence-electron chi connectivity index (χ1n) is 7.74. The third-order valence-corrected chi connectivity index (χ3v) is 5.54. The summed E-state index contributed by atoms with van der Waals surface area (Å²) >= 11 is 0. The highest BCUT2D eigenvalue weighted by Crippen LogP contribution is 2.47. The molecule has 1 saturated heterocycles. The molecule has 0 aromatic heterocycles. The van der Waals surface area contributed by atoms with E-state index in [9.17, 15) is 10.2 Å². The highest BCUT2D eigenvalue weighted by molar-refractivity contribution is 4.93. The van der Waals surface area contributed by atoms with E-state index >= 15 is 0 Å². The van der Waals surface area contributed by atoms with E-state index in [0.29, 0.717) is 5.92 Å². The van der Waals surface area contributed by atoms with E-state index < -0.39 is 6.10 Å². The minimum Gasteiger partial charge on any atom is -0.394 e. The largest absolute Gasteiger partial charge is 0.394 e. The molecule has 3 aliphatic rings. The summed E-state index contributed by atoms with van der Waals surface area (Å²) in [5.74, 6) is 2.36. The van der Waals surface area contributed by atoms with Crippen LogP contribution in [0, 0.1) is 17.8 Å². The molecule has 6 atom stereocenters. The van der Waals surface area contributed by atoms with Crippen LogP contribution in [0.25, 0.3) is 0 Å². The fraction of sp³-hybridized carbons (Fsp3) is 1.00. The summed E-state index contributed by atoms with van der Waals surface area (Å²) in [5.41, 5.74) is 0. The van der Waals surface area contributed by atoms with Crippen LogP contribution < -0.4 is 0 Å². The van der Waals surface area contributed by atoms with Gasteiger partial charge in [0, 0.05) is 6.42 Å². The molecule has 104 valence electrons. The molecule has 2 saturated carbocycles. The van der Waals surface area contributed by atoms with Gasteiger partial charge in [-0.2, -0.15) is 0 Å². The molecule has 3 fully saturated rings. The second kappa shape index (κ2) is 5.48. The molecule has 1 aliphatic heterocycles. The Balaban J connectivity index is 1.67. The van der Waals surface area contributed by atoms with Gasteiger partial charge in [0.05, 0.1) is 18.8 Å². The quantitative estimate of drug-likeness (QED) is 0.793. The van der Waals surface area contributed by atoms with Crippen molar-refractivity contribution in [1.29, 1.82) is 0 Å². The van der Waals surface area contributed by atoms with Gasteiger partial charge in [-0.3, -0.25) is 0 Å². The number of hydrogen-bond acceptors (Lipinski definition) is 3. The summed E-state index contributed by atoms with van der Waals surface area (Å²) in [6, 6.07) is 0. The average Bonchev–Trinajstić information content (AvgIpc) is 2.79. The normalized spacial score (nSPS) is 49.0. The van der Waals surface area contributed by atoms with Gasteiger partial charge >= 0.3 is 0 Å². The van der Waals surface area contributed by atoms with Gasteiger partial charge < -0.3 is 14.9 Å². The second-order valence-electron chi connectivity index (χ2n) is 6.50. The number of aliphatic hydroxyl groups is 2. The van der Waals surface area contributed by atoms with Crippen molar-refractivity contribution in [3.05, 3.63) is 0 Å². The molecule has 2 N–H and O–H groups in total. The van der Waals surface area contributed by atoms with Crippen molar-refractivity contribution in [2.75, 3.05) is 6.61 Å². The van der Waals surface area contributed by atoms with Gasteiger partial charge in [0.15, 0.2) is 0 Å². The predicted molar refractivity (Wildman–Crippen MR) is 69.2 cm³/mol. The molecule has 0 spiro atoms. The third kappa shape index (κ3) is 2.33. The van der Waals surface area contributed by atoms with Crippen LogP contribution in [0.5, 0.6) is 0 Å². The van der Waals surface area contributed by atoms with Crippen LogP contribution >= 0.6 is 0 Å². The Morgan fingerprint density at radius 3 is 2.44 bits per heavy atom. The molecule has 0 aromatic rings. The number of aliphatic hydroxyl groups excluding tert-OH is 2. The summed E-state index contributed by atoms with van der Waals surface area (Å²) in [6.45, 7) is -0.0432. The first-order chi connectivity index (χ1) is 8.79. The summed E-state index contributed by atoms with van der Waals surface area (Å²) in [4.78, 5) is 0. The summed E-state index contributed by atoms with van der Waals surface area (Å²) in [6.07, 6.45) is 9.67. The fourth-order valence-corrected chi connectivity index (χ4v) is 4.65. The lowest BCUT2D eigenvalue weighted by atomic mass is 9.64. The molecule has 3 heteroatoms. The maximum absolute atomic E-state index is 9.90. The van der Waals surface area contributed by atoms with Crippen molar-refractivity contribution >= 4 is 0 Å². The molecule has 0 radical (unpaired) electrons. The molecule has 18 heavy (non-hydrogen) atoms. The number of fused-ring (bicyclic) bond motifs is 1. The zero-order valence-electron chi connectivity index (χ0n) is 11.1. The monoisotopic (exact) mass is 254 g/mol. The summed E-state index contributed by atoms with van der Waals surface area (Å²) < 4.78 is 5.91. The first kappa shape index (κ1) is 12.9. The molecule has 2 aliphatic carbocycles. The smallest absolute Gasteiger partial charge is 0.107 e. The Morgan fingerprint density at radius 1 is 0.944 bits per heavy atom. The minimum absolute atomic E-state index is 0.0432. The van der Waals surface area contributed by atoms with Crippen molar-refractivity contribution in [2.45, 2.75) is 69.7 Å². The highest BCUT2D eigenvalue weighted by atomic mass is 16.5. The lowest BCUT2D eigenvalue weighted by molar-refractivity contribution is -0.0652. The molecule has 0 amide bonds. The van der Waals surface area contributed by atoms with Gasteiger partial charge in [0.2, 0.25) is 0 Å². The van der Waals surface area contributed by atoms with Gasteiger partial charge in [-0.25, -0.2) is 0 Å². The van der Waals surface area contributed by atoms with E-state index in [1.54, 1.807) is 0 Å². The number of ether oxygens (including phenoxy) is 1. The van der Waals surface area contributed by atoms with Crippen LogP contribution in [0.15, 0.2) is 0 Å². The lowest BCUT2D eigenvalue weighted by Gasteiger charge is -2.43. The maximum Gasteiger partial charge on any atom is 0.107 e. The first-order valence-corrected chi connectivity index (χ1v) is 7.74. The Hall–Kier alpha value is -0.120. The van der Waals surface area contributed by atoms with Crippen molar-refractivity contribution in [3.8, 4) is 0 Å². The molecule has 1 heterocycles. The van der Waals surface area contributed by atoms with Crippen LogP contribution in [-0.2, 0) is 4.74 Å². The van der Waals surface area contributed by atoms with E-state index in [1.807, 2.05) is 0 Å². The van der Waals surface area contributed by atoms with Crippen molar-refractivity contribution in [1.82, 2.24) is 0 Å². The Bertz CT molecular complexity index is 279. The molecule has 4 unspecified atom stereocenters. The van der Waals surface area contributed by atoms with Crippen LogP contribution in [-0.4, -0.2) is 35.1 Å². The van der Waals surface area contributed by atoms with E-state index in [2.05, 4.69) is 0 Å². The molecule has 3 rings (SSSR count). The highest BCUT2D eigenvalue weighted by Gasteiger charge is 2.44. The molecular weight excluding hydrogens is 228 g/mol.